The van der Waals surface area contributed by atoms with E-state index in [0.29, 0.717) is 54.8 Å². The fourth-order valence-corrected chi connectivity index (χ4v) is 4.11. The summed E-state index contributed by atoms with van der Waals surface area (Å²) < 4.78 is 11.5. The van der Waals surface area contributed by atoms with Crippen molar-refractivity contribution in [1.82, 2.24) is 4.98 Å². The van der Waals surface area contributed by atoms with E-state index in [4.69, 9.17) is 9.47 Å². The number of Topliss-reactive ketones (excluding diaryl/α,β-unsaturated/α-hetero) is 1. The fraction of sp³-hybridized carbons (Fsp3) is 0.435. The van der Waals surface area contributed by atoms with Gasteiger partial charge in [-0.25, -0.2) is 4.98 Å². The van der Waals surface area contributed by atoms with Gasteiger partial charge < -0.3 is 19.5 Å². The van der Waals surface area contributed by atoms with Crippen LogP contribution in [0.4, 0.5) is 5.69 Å². The van der Waals surface area contributed by atoms with E-state index >= 15 is 0 Å². The predicted octanol–water partition coefficient (Wildman–Crippen LogP) is 2.72. The SMILES string of the molecule is O=C1CC(CO)c2ccc(N3CC[C@@H](Oc4ccc(OCC5CC5)nc4)C3=O)cc21. The van der Waals surface area contributed by atoms with E-state index in [-0.39, 0.29) is 24.2 Å². The third-order valence-corrected chi connectivity index (χ3v) is 6.05. The lowest BCUT2D eigenvalue weighted by Crippen LogP contribution is -2.32. The molecule has 30 heavy (non-hydrogen) atoms. The molecule has 5 rings (SSSR count). The van der Waals surface area contributed by atoms with Gasteiger partial charge >= 0.3 is 0 Å². The summed E-state index contributed by atoms with van der Waals surface area (Å²) in [6.45, 7) is 1.18. The number of nitrogens with zero attached hydrogens (tertiary/aromatic N) is 2. The number of aliphatic hydroxyl groups is 1. The van der Waals surface area contributed by atoms with Gasteiger partial charge in [0.2, 0.25) is 5.88 Å². The quantitative estimate of drug-likeness (QED) is 0.758. The molecule has 2 fully saturated rings. The van der Waals surface area contributed by atoms with Gasteiger partial charge in [0, 0.05) is 42.6 Å². The molecule has 0 radical (unpaired) electrons. The number of carbonyl (C=O) groups is 2. The second-order valence-corrected chi connectivity index (χ2v) is 8.25. The van der Waals surface area contributed by atoms with E-state index in [1.165, 1.54) is 12.8 Å². The van der Waals surface area contributed by atoms with Crippen LogP contribution in [0, 0.1) is 5.92 Å². The first kappa shape index (κ1) is 19.1. The van der Waals surface area contributed by atoms with Crippen molar-refractivity contribution in [3.05, 3.63) is 47.7 Å². The summed E-state index contributed by atoms with van der Waals surface area (Å²) in [6, 6.07) is 8.99. The van der Waals surface area contributed by atoms with E-state index < -0.39 is 6.10 Å². The molecule has 2 heterocycles. The van der Waals surface area contributed by atoms with Crippen LogP contribution in [0.15, 0.2) is 36.5 Å². The number of benzene rings is 1. The number of rotatable bonds is 7. The van der Waals surface area contributed by atoms with Crippen LogP contribution in [0.25, 0.3) is 0 Å². The van der Waals surface area contributed by atoms with Crippen molar-refractivity contribution in [3.8, 4) is 11.6 Å². The minimum Gasteiger partial charge on any atom is -0.479 e. The van der Waals surface area contributed by atoms with E-state index in [9.17, 15) is 14.7 Å². The molecule has 1 N–H and O–H groups in total. The number of ketones is 1. The van der Waals surface area contributed by atoms with Crippen LogP contribution >= 0.6 is 0 Å². The van der Waals surface area contributed by atoms with Crippen molar-refractivity contribution >= 4 is 17.4 Å². The predicted molar refractivity (Wildman–Crippen MR) is 109 cm³/mol. The van der Waals surface area contributed by atoms with Gasteiger partial charge in [-0.3, -0.25) is 9.59 Å². The molecule has 1 saturated heterocycles. The summed E-state index contributed by atoms with van der Waals surface area (Å²) in [6.07, 6.45) is 4.33. The summed E-state index contributed by atoms with van der Waals surface area (Å²) >= 11 is 0. The summed E-state index contributed by atoms with van der Waals surface area (Å²) in [5.41, 5.74) is 2.16. The standard InChI is InChI=1S/C23H24N2O5/c26-12-15-9-20(27)19-10-16(3-5-18(15)19)25-8-7-21(23(25)28)30-17-4-6-22(24-11-17)29-13-14-1-2-14/h3-6,10-11,14-15,21,26H,1-2,7-9,12-13H2/t15?,21-/m1/s1. The summed E-state index contributed by atoms with van der Waals surface area (Å²) in [7, 11) is 0. The third kappa shape index (κ3) is 3.65. The molecule has 1 aromatic heterocycles. The average Bonchev–Trinajstić information content (AvgIpc) is 3.46. The lowest BCUT2D eigenvalue weighted by Gasteiger charge is -2.18. The van der Waals surface area contributed by atoms with Gasteiger partial charge in [-0.1, -0.05) is 6.07 Å². The lowest BCUT2D eigenvalue weighted by atomic mass is 10.0. The van der Waals surface area contributed by atoms with Gasteiger partial charge in [-0.15, -0.1) is 0 Å². The average molecular weight is 408 g/mol. The molecule has 0 bridgehead atoms. The topological polar surface area (TPSA) is 89.0 Å². The van der Waals surface area contributed by atoms with Crippen molar-refractivity contribution in [3.63, 3.8) is 0 Å². The number of hydrogen-bond acceptors (Lipinski definition) is 6. The highest BCUT2D eigenvalue weighted by Gasteiger charge is 2.36. The maximum atomic E-state index is 12.9. The Morgan fingerprint density at radius 1 is 1.13 bits per heavy atom. The molecular weight excluding hydrogens is 384 g/mol. The zero-order chi connectivity index (χ0) is 20.7. The number of ether oxygens (including phenoxy) is 2. The lowest BCUT2D eigenvalue weighted by molar-refractivity contribution is -0.122. The Kier molecular flexibility index (Phi) is 4.90. The van der Waals surface area contributed by atoms with Crippen molar-refractivity contribution in [2.75, 3.05) is 24.7 Å². The molecule has 156 valence electrons. The first-order chi connectivity index (χ1) is 14.6. The number of amides is 1. The zero-order valence-corrected chi connectivity index (χ0v) is 16.6. The summed E-state index contributed by atoms with van der Waals surface area (Å²) in [5, 5.41) is 9.46. The molecule has 7 heteroatoms. The van der Waals surface area contributed by atoms with Crippen molar-refractivity contribution in [1.29, 1.82) is 0 Å². The Morgan fingerprint density at radius 2 is 2.00 bits per heavy atom. The number of carbonyl (C=O) groups excluding carboxylic acids is 2. The maximum absolute atomic E-state index is 12.9. The molecule has 3 aliphatic rings. The van der Waals surface area contributed by atoms with Crippen LogP contribution in [0.5, 0.6) is 11.6 Å². The number of fused-ring (bicyclic) bond motifs is 1. The minimum absolute atomic E-state index is 0.0143. The van der Waals surface area contributed by atoms with Crippen molar-refractivity contribution < 1.29 is 24.2 Å². The molecule has 2 aliphatic carbocycles. The van der Waals surface area contributed by atoms with Gasteiger partial charge in [0.15, 0.2) is 11.9 Å². The molecule has 1 aromatic carbocycles. The largest absolute Gasteiger partial charge is 0.479 e. The van der Waals surface area contributed by atoms with Crippen molar-refractivity contribution in [2.24, 2.45) is 5.92 Å². The highest BCUT2D eigenvalue weighted by atomic mass is 16.5. The Labute approximate surface area is 174 Å². The van der Waals surface area contributed by atoms with Crippen LogP contribution in [0.3, 0.4) is 0 Å². The fourth-order valence-electron chi connectivity index (χ4n) is 4.11. The molecule has 1 saturated carbocycles. The molecule has 1 aliphatic heterocycles. The number of aromatic nitrogens is 1. The molecule has 7 nitrogen and oxygen atoms in total. The van der Waals surface area contributed by atoms with Crippen LogP contribution in [-0.2, 0) is 4.79 Å². The molecular formula is C23H24N2O5. The summed E-state index contributed by atoms with van der Waals surface area (Å²) in [4.78, 5) is 31.1. The van der Waals surface area contributed by atoms with E-state index in [1.54, 1.807) is 29.3 Å². The van der Waals surface area contributed by atoms with Gasteiger partial charge in [0.05, 0.1) is 19.4 Å². The Morgan fingerprint density at radius 3 is 2.73 bits per heavy atom. The number of anilines is 1. The molecule has 1 unspecified atom stereocenters. The number of aliphatic hydroxyl groups excluding tert-OH is 1. The van der Waals surface area contributed by atoms with E-state index in [2.05, 4.69) is 4.98 Å². The normalized spacial score (nSPS) is 23.0. The highest BCUT2D eigenvalue weighted by Crippen LogP contribution is 2.36. The third-order valence-electron chi connectivity index (χ3n) is 6.05. The first-order valence-electron chi connectivity index (χ1n) is 10.5. The smallest absolute Gasteiger partial charge is 0.268 e. The zero-order valence-electron chi connectivity index (χ0n) is 16.6. The molecule has 0 spiro atoms. The van der Waals surface area contributed by atoms with Crippen LogP contribution < -0.4 is 14.4 Å². The highest BCUT2D eigenvalue weighted by molar-refractivity contribution is 6.04. The second kappa shape index (κ2) is 7.72. The Balaban J connectivity index is 1.24. The number of hydrogen-bond donors (Lipinski definition) is 1. The van der Waals surface area contributed by atoms with E-state index in [0.717, 1.165) is 5.56 Å². The van der Waals surface area contributed by atoms with Crippen LogP contribution in [-0.4, -0.2) is 47.6 Å². The Hall–Kier alpha value is -2.93. The van der Waals surface area contributed by atoms with Crippen LogP contribution in [0.1, 0.15) is 47.5 Å². The molecule has 1 amide bonds. The van der Waals surface area contributed by atoms with Gasteiger partial charge in [0.25, 0.3) is 5.91 Å². The molecule has 2 atom stereocenters. The van der Waals surface area contributed by atoms with Gasteiger partial charge in [0.1, 0.15) is 5.75 Å². The Bertz CT molecular complexity index is 970. The minimum atomic E-state index is -0.584. The number of pyridine rings is 1. The maximum Gasteiger partial charge on any atom is 0.268 e. The molecule has 2 aromatic rings. The van der Waals surface area contributed by atoms with Crippen molar-refractivity contribution in [2.45, 2.75) is 37.7 Å². The van der Waals surface area contributed by atoms with Crippen LogP contribution in [0.2, 0.25) is 0 Å². The van der Waals surface area contributed by atoms with Gasteiger partial charge in [-0.05, 0) is 42.5 Å². The second-order valence-electron chi connectivity index (χ2n) is 8.25. The summed E-state index contributed by atoms with van der Waals surface area (Å²) in [5.74, 6) is 1.50. The van der Waals surface area contributed by atoms with E-state index in [1.807, 2.05) is 12.1 Å². The monoisotopic (exact) mass is 408 g/mol. The van der Waals surface area contributed by atoms with Gasteiger partial charge in [-0.2, -0.15) is 0 Å². The first-order valence-corrected chi connectivity index (χ1v) is 10.5.